The second-order valence-corrected chi connectivity index (χ2v) is 5.89. The van der Waals surface area contributed by atoms with Crippen LogP contribution in [0.4, 0.5) is 0 Å². The molecule has 118 valence electrons. The van der Waals surface area contributed by atoms with E-state index in [1.54, 1.807) is 0 Å². The minimum absolute atomic E-state index is 0.133. The van der Waals surface area contributed by atoms with Crippen LogP contribution in [0.2, 0.25) is 0 Å². The van der Waals surface area contributed by atoms with Crippen molar-refractivity contribution < 1.29 is 4.79 Å². The molecule has 1 saturated heterocycles. The molecule has 0 aliphatic carbocycles. The Morgan fingerprint density at radius 2 is 2.14 bits per heavy atom. The Morgan fingerprint density at radius 1 is 1.32 bits per heavy atom. The number of piperidine rings is 1. The van der Waals surface area contributed by atoms with E-state index in [1.165, 1.54) is 0 Å². The number of nitrogens with one attached hydrogen (secondary N) is 1. The van der Waals surface area contributed by atoms with Gasteiger partial charge in [0.1, 0.15) is 5.82 Å². The summed E-state index contributed by atoms with van der Waals surface area (Å²) in [6, 6.07) is 5.96. The zero-order chi connectivity index (χ0) is 15.4. The van der Waals surface area contributed by atoms with Crippen molar-refractivity contribution in [2.75, 3.05) is 26.2 Å². The molecule has 22 heavy (non-hydrogen) atoms. The van der Waals surface area contributed by atoms with Gasteiger partial charge in [0, 0.05) is 18.7 Å². The third-order valence-electron chi connectivity index (χ3n) is 4.23. The molecule has 1 fully saturated rings. The highest BCUT2D eigenvalue weighted by atomic mass is 16.2. The highest BCUT2D eigenvalue weighted by Crippen LogP contribution is 2.26. The minimum Gasteiger partial charge on any atom is -0.355 e. The van der Waals surface area contributed by atoms with Gasteiger partial charge in [-0.25, -0.2) is 0 Å². The predicted molar refractivity (Wildman–Crippen MR) is 84.7 cm³/mol. The molecule has 1 aliphatic heterocycles. The number of hydrogen-bond donors (Lipinski definition) is 1. The second kappa shape index (κ2) is 6.87. The van der Waals surface area contributed by atoms with Crippen LogP contribution in [0.1, 0.15) is 37.9 Å². The number of carbonyl (C=O) groups excluding carboxylic acids is 1. The van der Waals surface area contributed by atoms with Crippen molar-refractivity contribution in [2.45, 2.75) is 32.1 Å². The van der Waals surface area contributed by atoms with E-state index in [0.717, 1.165) is 50.4 Å². The lowest BCUT2D eigenvalue weighted by Crippen LogP contribution is -2.41. The van der Waals surface area contributed by atoms with Crippen molar-refractivity contribution in [1.82, 2.24) is 24.8 Å². The Balaban J connectivity index is 1.56. The summed E-state index contributed by atoms with van der Waals surface area (Å²) >= 11 is 0. The summed E-state index contributed by atoms with van der Waals surface area (Å²) in [6.07, 6.45) is 5.05. The molecule has 0 spiro atoms. The van der Waals surface area contributed by atoms with E-state index in [2.05, 4.69) is 31.7 Å². The van der Waals surface area contributed by atoms with Gasteiger partial charge in [0.2, 0.25) is 5.91 Å². The molecule has 3 rings (SSSR count). The largest absolute Gasteiger partial charge is 0.355 e. The SMILES string of the molecule is CCCNC(=O)CN1CCC(c2nnc3ccccn23)CC1. The molecule has 1 N–H and O–H groups in total. The van der Waals surface area contributed by atoms with Crippen LogP contribution >= 0.6 is 0 Å². The van der Waals surface area contributed by atoms with Gasteiger partial charge in [-0.2, -0.15) is 0 Å². The number of fused-ring (bicyclic) bond motifs is 1. The first kappa shape index (κ1) is 15.0. The van der Waals surface area contributed by atoms with Gasteiger partial charge in [0.15, 0.2) is 5.65 Å². The normalized spacial score (nSPS) is 17.0. The summed E-state index contributed by atoms with van der Waals surface area (Å²) < 4.78 is 2.08. The molecule has 6 nitrogen and oxygen atoms in total. The molecule has 0 bridgehead atoms. The van der Waals surface area contributed by atoms with E-state index >= 15 is 0 Å². The standard InChI is InChI=1S/C16H23N5O/c1-2-8-17-15(22)12-20-10-6-13(7-11-20)16-19-18-14-5-3-4-9-21(14)16/h3-5,9,13H,2,6-8,10-12H2,1H3,(H,17,22). The van der Waals surface area contributed by atoms with Gasteiger partial charge >= 0.3 is 0 Å². The van der Waals surface area contributed by atoms with Crippen molar-refractivity contribution in [3.05, 3.63) is 30.2 Å². The van der Waals surface area contributed by atoms with Crippen LogP contribution in [0.5, 0.6) is 0 Å². The van der Waals surface area contributed by atoms with E-state index in [-0.39, 0.29) is 5.91 Å². The van der Waals surface area contributed by atoms with Gasteiger partial charge in [0.25, 0.3) is 0 Å². The summed E-state index contributed by atoms with van der Waals surface area (Å²) in [5.41, 5.74) is 0.902. The quantitative estimate of drug-likeness (QED) is 0.907. The van der Waals surface area contributed by atoms with E-state index in [4.69, 9.17) is 0 Å². The first-order valence-corrected chi connectivity index (χ1v) is 8.06. The number of carbonyl (C=O) groups is 1. The summed E-state index contributed by atoms with van der Waals surface area (Å²) in [5, 5.41) is 11.5. The average Bonchev–Trinajstić information content (AvgIpc) is 2.98. The topological polar surface area (TPSA) is 62.5 Å². The fourth-order valence-electron chi connectivity index (χ4n) is 3.01. The lowest BCUT2D eigenvalue weighted by molar-refractivity contribution is -0.122. The zero-order valence-electron chi connectivity index (χ0n) is 13.0. The number of nitrogens with zero attached hydrogens (tertiary/aromatic N) is 4. The maximum absolute atomic E-state index is 11.8. The van der Waals surface area contributed by atoms with Crippen LogP contribution in [0.25, 0.3) is 5.65 Å². The molecule has 1 aliphatic rings. The number of likely N-dealkylation sites (tertiary alicyclic amines) is 1. The van der Waals surface area contributed by atoms with E-state index in [1.807, 2.05) is 24.4 Å². The third-order valence-corrected chi connectivity index (χ3v) is 4.23. The Morgan fingerprint density at radius 3 is 2.91 bits per heavy atom. The number of rotatable bonds is 5. The molecule has 0 atom stereocenters. The molecule has 0 radical (unpaired) electrons. The lowest BCUT2D eigenvalue weighted by atomic mass is 9.96. The first-order valence-electron chi connectivity index (χ1n) is 8.06. The van der Waals surface area contributed by atoms with Gasteiger partial charge in [0.05, 0.1) is 6.54 Å². The molecular weight excluding hydrogens is 278 g/mol. The Labute approximate surface area is 130 Å². The number of hydrogen-bond acceptors (Lipinski definition) is 4. The fraction of sp³-hybridized carbons (Fsp3) is 0.562. The van der Waals surface area contributed by atoms with Crippen molar-refractivity contribution >= 4 is 11.6 Å². The van der Waals surface area contributed by atoms with Crippen LogP contribution in [-0.4, -0.2) is 51.6 Å². The van der Waals surface area contributed by atoms with Gasteiger partial charge < -0.3 is 5.32 Å². The lowest BCUT2D eigenvalue weighted by Gasteiger charge is -2.30. The monoisotopic (exact) mass is 301 g/mol. The summed E-state index contributed by atoms with van der Waals surface area (Å²) in [7, 11) is 0. The van der Waals surface area contributed by atoms with Gasteiger partial charge in [-0.3, -0.25) is 14.1 Å². The summed E-state index contributed by atoms with van der Waals surface area (Å²) in [4.78, 5) is 14.0. The second-order valence-electron chi connectivity index (χ2n) is 5.89. The van der Waals surface area contributed by atoms with Gasteiger partial charge in [-0.05, 0) is 44.5 Å². The van der Waals surface area contributed by atoms with E-state index in [9.17, 15) is 4.79 Å². The molecule has 1 amide bonds. The van der Waals surface area contributed by atoms with Gasteiger partial charge in [-0.1, -0.05) is 13.0 Å². The molecule has 3 heterocycles. The minimum atomic E-state index is 0.133. The van der Waals surface area contributed by atoms with Gasteiger partial charge in [-0.15, -0.1) is 10.2 Å². The molecular formula is C16H23N5O. The molecule has 2 aromatic heterocycles. The highest BCUT2D eigenvalue weighted by Gasteiger charge is 2.25. The average molecular weight is 301 g/mol. The Bertz CT molecular complexity index is 630. The van der Waals surface area contributed by atoms with Crippen molar-refractivity contribution in [2.24, 2.45) is 0 Å². The molecule has 2 aromatic rings. The van der Waals surface area contributed by atoms with Crippen LogP contribution < -0.4 is 5.32 Å². The number of pyridine rings is 1. The summed E-state index contributed by atoms with van der Waals surface area (Å²) in [5.74, 6) is 1.60. The zero-order valence-corrected chi connectivity index (χ0v) is 13.0. The van der Waals surface area contributed by atoms with Crippen molar-refractivity contribution in [3.8, 4) is 0 Å². The van der Waals surface area contributed by atoms with Crippen molar-refractivity contribution in [1.29, 1.82) is 0 Å². The number of aromatic nitrogens is 3. The molecule has 6 heteroatoms. The maximum atomic E-state index is 11.8. The molecule has 0 saturated carbocycles. The predicted octanol–water partition coefficient (Wildman–Crippen LogP) is 1.43. The Kier molecular flexibility index (Phi) is 4.68. The fourth-order valence-corrected chi connectivity index (χ4v) is 3.01. The summed E-state index contributed by atoms with van der Waals surface area (Å²) in [6.45, 7) is 5.21. The van der Waals surface area contributed by atoms with Crippen LogP contribution in [0.15, 0.2) is 24.4 Å². The van der Waals surface area contributed by atoms with Crippen LogP contribution in [0.3, 0.4) is 0 Å². The third kappa shape index (κ3) is 3.27. The first-order chi connectivity index (χ1) is 10.8. The maximum Gasteiger partial charge on any atom is 0.234 e. The van der Waals surface area contributed by atoms with Crippen molar-refractivity contribution in [3.63, 3.8) is 0 Å². The molecule has 0 aromatic carbocycles. The van der Waals surface area contributed by atoms with E-state index < -0.39 is 0 Å². The van der Waals surface area contributed by atoms with E-state index in [0.29, 0.717) is 12.5 Å². The Hall–Kier alpha value is -1.95. The van der Waals surface area contributed by atoms with Crippen LogP contribution in [-0.2, 0) is 4.79 Å². The highest BCUT2D eigenvalue weighted by molar-refractivity contribution is 5.77. The smallest absolute Gasteiger partial charge is 0.234 e. The number of amides is 1. The molecule has 0 unspecified atom stereocenters. The van der Waals surface area contributed by atoms with Crippen LogP contribution in [0, 0.1) is 0 Å².